The minimum absolute atomic E-state index is 0.191. The zero-order valence-corrected chi connectivity index (χ0v) is 8.87. The Bertz CT molecular complexity index is 354. The van der Waals surface area contributed by atoms with Gasteiger partial charge in [0.1, 0.15) is 6.33 Å². The number of nitrogens with zero attached hydrogens (tertiary/aromatic N) is 4. The highest BCUT2D eigenvalue weighted by Gasteiger charge is 2.29. The third-order valence-electron chi connectivity index (χ3n) is 2.55. The maximum absolute atomic E-state index is 8.93. The summed E-state index contributed by atoms with van der Waals surface area (Å²) in [7, 11) is 1.88. The molecule has 1 aromatic rings. The Morgan fingerprint density at radius 1 is 1.64 bits per heavy atom. The summed E-state index contributed by atoms with van der Waals surface area (Å²) >= 11 is 1.68. The summed E-state index contributed by atoms with van der Waals surface area (Å²) in [6, 6.07) is 2.37. The van der Waals surface area contributed by atoms with Crippen molar-refractivity contribution in [2.24, 2.45) is 13.0 Å². The molecule has 2 rings (SSSR count). The molecule has 0 spiro atoms. The van der Waals surface area contributed by atoms with E-state index in [1.54, 1.807) is 22.8 Å². The number of nitriles is 1. The average molecular weight is 208 g/mol. The van der Waals surface area contributed by atoms with Gasteiger partial charge in [-0.25, -0.2) is 9.67 Å². The van der Waals surface area contributed by atoms with Crippen molar-refractivity contribution in [2.75, 3.05) is 0 Å². The lowest BCUT2D eigenvalue weighted by atomic mass is 10.1. The van der Waals surface area contributed by atoms with E-state index in [0.717, 1.165) is 24.4 Å². The van der Waals surface area contributed by atoms with Crippen molar-refractivity contribution >= 4 is 11.8 Å². The van der Waals surface area contributed by atoms with Crippen molar-refractivity contribution in [1.82, 2.24) is 14.8 Å². The van der Waals surface area contributed by atoms with E-state index in [-0.39, 0.29) is 5.92 Å². The number of thioether (sulfide) groups is 1. The summed E-state index contributed by atoms with van der Waals surface area (Å²) in [4.78, 5) is 4.15. The van der Waals surface area contributed by atoms with Gasteiger partial charge in [-0.15, -0.1) is 0 Å². The van der Waals surface area contributed by atoms with Crippen LogP contribution in [0, 0.1) is 17.2 Å². The first-order chi connectivity index (χ1) is 6.81. The molecule has 1 aromatic heterocycles. The minimum atomic E-state index is 0.191. The van der Waals surface area contributed by atoms with E-state index in [4.69, 9.17) is 5.26 Å². The first kappa shape index (κ1) is 9.53. The summed E-state index contributed by atoms with van der Waals surface area (Å²) in [6.07, 6.45) is 4.87. The highest BCUT2D eigenvalue weighted by Crippen LogP contribution is 2.37. The SMILES string of the molecule is Cn1ncnc1SC1CCCC1C#N. The van der Waals surface area contributed by atoms with Crippen molar-refractivity contribution in [2.45, 2.75) is 29.7 Å². The normalized spacial score (nSPS) is 26.3. The van der Waals surface area contributed by atoms with Gasteiger partial charge >= 0.3 is 0 Å². The lowest BCUT2D eigenvalue weighted by Crippen LogP contribution is -2.09. The monoisotopic (exact) mass is 208 g/mol. The molecule has 0 aromatic carbocycles. The van der Waals surface area contributed by atoms with Gasteiger partial charge in [0.05, 0.1) is 12.0 Å². The first-order valence-electron chi connectivity index (χ1n) is 4.71. The zero-order valence-electron chi connectivity index (χ0n) is 8.05. The fraction of sp³-hybridized carbons (Fsp3) is 0.667. The van der Waals surface area contributed by atoms with Crippen LogP contribution in [0.2, 0.25) is 0 Å². The van der Waals surface area contributed by atoms with E-state index < -0.39 is 0 Å². The van der Waals surface area contributed by atoms with Crippen molar-refractivity contribution in [3.8, 4) is 6.07 Å². The summed E-state index contributed by atoms with van der Waals surface area (Å²) in [5.74, 6) is 0.191. The van der Waals surface area contributed by atoms with E-state index in [9.17, 15) is 0 Å². The van der Waals surface area contributed by atoms with Crippen LogP contribution in [0.1, 0.15) is 19.3 Å². The Labute approximate surface area is 87.3 Å². The summed E-state index contributed by atoms with van der Waals surface area (Å²) < 4.78 is 1.76. The van der Waals surface area contributed by atoms with Crippen molar-refractivity contribution in [3.05, 3.63) is 6.33 Å². The van der Waals surface area contributed by atoms with Crippen LogP contribution in [0.5, 0.6) is 0 Å². The molecule has 0 amide bonds. The second-order valence-corrected chi connectivity index (χ2v) is 4.70. The molecule has 0 bridgehead atoms. The average Bonchev–Trinajstić information content (AvgIpc) is 2.77. The fourth-order valence-corrected chi connectivity index (χ4v) is 2.97. The van der Waals surface area contributed by atoms with Gasteiger partial charge in [-0.2, -0.15) is 10.4 Å². The Hall–Kier alpha value is -1.02. The standard InChI is InChI=1S/C9H12N4S/c1-13-9(11-6-12-13)14-8-4-2-3-7(8)5-10/h6-8H,2-4H2,1H3. The predicted octanol–water partition coefficient (Wildman–Crippen LogP) is 1.60. The second kappa shape index (κ2) is 4.01. The Balaban J connectivity index is 2.05. The van der Waals surface area contributed by atoms with E-state index >= 15 is 0 Å². The van der Waals surface area contributed by atoms with Crippen LogP contribution in [0.4, 0.5) is 0 Å². The molecule has 2 unspecified atom stereocenters. The highest BCUT2D eigenvalue weighted by atomic mass is 32.2. The highest BCUT2D eigenvalue weighted by molar-refractivity contribution is 7.99. The van der Waals surface area contributed by atoms with E-state index in [1.807, 2.05) is 7.05 Å². The molecular formula is C9H12N4S. The van der Waals surface area contributed by atoms with E-state index in [1.165, 1.54) is 0 Å². The molecule has 14 heavy (non-hydrogen) atoms. The number of hydrogen-bond acceptors (Lipinski definition) is 4. The number of hydrogen-bond donors (Lipinski definition) is 0. The van der Waals surface area contributed by atoms with Gasteiger partial charge in [-0.05, 0) is 12.8 Å². The third-order valence-corrected chi connectivity index (χ3v) is 3.99. The molecule has 1 saturated carbocycles. The molecule has 1 aliphatic rings. The summed E-state index contributed by atoms with van der Waals surface area (Å²) in [5, 5.41) is 14.3. The van der Waals surface area contributed by atoms with Crippen LogP contribution >= 0.6 is 11.8 Å². The molecule has 5 heteroatoms. The van der Waals surface area contributed by atoms with Crippen molar-refractivity contribution < 1.29 is 0 Å². The largest absolute Gasteiger partial charge is 0.244 e. The molecule has 1 fully saturated rings. The van der Waals surface area contributed by atoms with Crippen LogP contribution in [0.15, 0.2) is 11.5 Å². The molecule has 0 aliphatic heterocycles. The van der Waals surface area contributed by atoms with Gasteiger partial charge in [0, 0.05) is 12.3 Å². The molecule has 74 valence electrons. The van der Waals surface area contributed by atoms with Gasteiger partial charge in [0.25, 0.3) is 0 Å². The summed E-state index contributed by atoms with van der Waals surface area (Å²) in [5.41, 5.74) is 0. The van der Waals surface area contributed by atoms with Crippen LogP contribution < -0.4 is 0 Å². The number of rotatable bonds is 2. The van der Waals surface area contributed by atoms with Crippen molar-refractivity contribution in [3.63, 3.8) is 0 Å². The van der Waals surface area contributed by atoms with Crippen LogP contribution in [0.3, 0.4) is 0 Å². The molecule has 1 heterocycles. The molecule has 1 aliphatic carbocycles. The lowest BCUT2D eigenvalue weighted by Gasteiger charge is -2.10. The Morgan fingerprint density at radius 2 is 2.50 bits per heavy atom. The predicted molar refractivity (Wildman–Crippen MR) is 53.6 cm³/mol. The number of aromatic nitrogens is 3. The smallest absolute Gasteiger partial charge is 0.186 e. The Kier molecular flexibility index (Phi) is 2.73. The van der Waals surface area contributed by atoms with Gasteiger partial charge in [-0.3, -0.25) is 0 Å². The quantitative estimate of drug-likeness (QED) is 0.740. The topological polar surface area (TPSA) is 54.5 Å². The van der Waals surface area contributed by atoms with Gasteiger partial charge in [-0.1, -0.05) is 18.2 Å². The lowest BCUT2D eigenvalue weighted by molar-refractivity contribution is 0.672. The molecule has 0 saturated heterocycles. The van der Waals surface area contributed by atoms with Crippen molar-refractivity contribution in [1.29, 1.82) is 5.26 Å². The molecule has 0 radical (unpaired) electrons. The maximum atomic E-state index is 8.93. The molecule has 4 nitrogen and oxygen atoms in total. The van der Waals surface area contributed by atoms with Crippen LogP contribution in [-0.4, -0.2) is 20.0 Å². The van der Waals surface area contributed by atoms with Gasteiger partial charge in [0.15, 0.2) is 5.16 Å². The first-order valence-corrected chi connectivity index (χ1v) is 5.59. The van der Waals surface area contributed by atoms with Crippen LogP contribution in [0.25, 0.3) is 0 Å². The molecule has 2 atom stereocenters. The van der Waals surface area contributed by atoms with Crippen LogP contribution in [-0.2, 0) is 7.05 Å². The third kappa shape index (κ3) is 1.75. The number of aryl methyl sites for hydroxylation is 1. The van der Waals surface area contributed by atoms with E-state index in [0.29, 0.717) is 5.25 Å². The second-order valence-electron chi connectivity index (χ2n) is 3.49. The molecular weight excluding hydrogens is 196 g/mol. The van der Waals surface area contributed by atoms with Gasteiger partial charge in [0.2, 0.25) is 0 Å². The van der Waals surface area contributed by atoms with Gasteiger partial charge < -0.3 is 0 Å². The fourth-order valence-electron chi connectivity index (χ4n) is 1.74. The Morgan fingerprint density at radius 3 is 3.14 bits per heavy atom. The summed E-state index contributed by atoms with van der Waals surface area (Å²) in [6.45, 7) is 0. The van der Waals surface area contributed by atoms with E-state index in [2.05, 4.69) is 16.2 Å². The zero-order chi connectivity index (χ0) is 9.97. The molecule has 0 N–H and O–H groups in total. The maximum Gasteiger partial charge on any atom is 0.186 e. The minimum Gasteiger partial charge on any atom is -0.244 e.